The van der Waals surface area contributed by atoms with Gasteiger partial charge in [-0.3, -0.25) is 9.59 Å². The van der Waals surface area contributed by atoms with Crippen LogP contribution in [0, 0.1) is 11.3 Å². The topological polar surface area (TPSA) is 165 Å². The Morgan fingerprint density at radius 1 is 1.16 bits per heavy atom. The van der Waals surface area contributed by atoms with Crippen molar-refractivity contribution in [2.24, 2.45) is 11.3 Å². The Hall–Kier alpha value is -2.71. The molecule has 0 spiro atoms. The van der Waals surface area contributed by atoms with Gasteiger partial charge in [0.1, 0.15) is 15.8 Å². The van der Waals surface area contributed by atoms with Crippen LogP contribution in [0.15, 0.2) is 21.7 Å². The Balaban J connectivity index is 1.52. The van der Waals surface area contributed by atoms with Gasteiger partial charge in [-0.05, 0) is 48.5 Å². The van der Waals surface area contributed by atoms with Crippen LogP contribution >= 0.6 is 11.3 Å². The molecule has 3 rings (SSSR count). The zero-order chi connectivity index (χ0) is 33.4. The predicted octanol–water partition coefficient (Wildman–Crippen LogP) is 3.78. The molecule has 0 aromatic carbocycles. The van der Waals surface area contributed by atoms with Crippen molar-refractivity contribution < 1.29 is 32.7 Å². The van der Waals surface area contributed by atoms with Crippen LogP contribution < -0.4 is 16.0 Å². The second kappa shape index (κ2) is 15.7. The minimum Gasteiger partial charge on any atom is -0.479 e. The average molecular weight is 670 g/mol. The molecule has 14 heteroatoms. The van der Waals surface area contributed by atoms with Crippen molar-refractivity contribution in [1.82, 2.24) is 25.2 Å². The molecule has 254 valence electrons. The molecule has 45 heavy (non-hydrogen) atoms. The lowest BCUT2D eigenvalue weighted by Crippen LogP contribution is -2.56. The summed E-state index contributed by atoms with van der Waals surface area (Å²) in [7, 11) is -2.26. The summed E-state index contributed by atoms with van der Waals surface area (Å²) in [4.78, 5) is 52.8. The van der Waals surface area contributed by atoms with Gasteiger partial charge in [0, 0.05) is 26.2 Å². The number of rotatable bonds is 17. The number of thiophene rings is 1. The molecule has 1 saturated heterocycles. The van der Waals surface area contributed by atoms with E-state index in [1.165, 1.54) is 41.6 Å². The molecule has 4 amide bonds. The molecule has 1 saturated carbocycles. The van der Waals surface area contributed by atoms with Crippen molar-refractivity contribution in [3.63, 3.8) is 0 Å². The van der Waals surface area contributed by atoms with Crippen LogP contribution in [0.5, 0.6) is 0 Å². The third kappa shape index (κ3) is 9.65. The highest BCUT2D eigenvalue weighted by Crippen LogP contribution is 2.47. The minimum absolute atomic E-state index is 0.0185. The van der Waals surface area contributed by atoms with Gasteiger partial charge in [0.25, 0.3) is 10.0 Å². The molecule has 0 radical (unpaired) electrons. The number of aliphatic carboxylic acids is 1. The summed E-state index contributed by atoms with van der Waals surface area (Å²) in [6.45, 7) is 7.79. The highest BCUT2D eigenvalue weighted by atomic mass is 32.2. The number of sulfonamides is 1. The standard InChI is InChI=1S/C31H51N5O7S2/c1-6-7-8-9-10-11-14-22-19-31(22,28(39)40)34-27(38)23-15-12-17-36(23)25(37)20-32-29(41)33-24(30(2,3)4)21-35(5)45(42,43)26-16-13-18-44-26/h13,16,18,22-24H,6-12,14-15,17,19-21H2,1-5H3,(H,34,38)(H,39,40)(H2,32,33,41)/t22?,23?,24?,31-/m1/s1. The molecule has 2 aliphatic rings. The first kappa shape index (κ1) is 36.8. The third-order valence-electron chi connectivity index (χ3n) is 8.97. The summed E-state index contributed by atoms with van der Waals surface area (Å²) in [5, 5.41) is 19.8. The molecular formula is C31H51N5O7S2. The van der Waals surface area contributed by atoms with E-state index in [-0.39, 0.29) is 23.2 Å². The lowest BCUT2D eigenvalue weighted by Gasteiger charge is -2.34. The molecule has 1 aliphatic carbocycles. The highest BCUT2D eigenvalue weighted by molar-refractivity contribution is 7.91. The van der Waals surface area contributed by atoms with Crippen LogP contribution in [0.25, 0.3) is 0 Å². The number of amides is 4. The maximum absolute atomic E-state index is 13.3. The molecule has 1 aliphatic heterocycles. The number of carbonyl (C=O) groups excluding carboxylic acids is 3. The van der Waals surface area contributed by atoms with Crippen molar-refractivity contribution in [1.29, 1.82) is 0 Å². The number of carboxylic acid groups (broad SMARTS) is 1. The van der Waals surface area contributed by atoms with Gasteiger partial charge in [-0.1, -0.05) is 72.3 Å². The van der Waals surface area contributed by atoms with Crippen molar-refractivity contribution >= 4 is 45.2 Å². The lowest BCUT2D eigenvalue weighted by molar-refractivity contribution is -0.145. The van der Waals surface area contributed by atoms with Gasteiger partial charge in [-0.15, -0.1) is 11.3 Å². The fraction of sp³-hybridized carbons (Fsp3) is 0.742. The molecule has 12 nitrogen and oxygen atoms in total. The number of hydrogen-bond acceptors (Lipinski definition) is 7. The van der Waals surface area contributed by atoms with E-state index in [9.17, 15) is 32.7 Å². The van der Waals surface area contributed by atoms with Crippen molar-refractivity contribution in [3.05, 3.63) is 17.5 Å². The van der Waals surface area contributed by atoms with Crippen LogP contribution in [-0.4, -0.2) is 90.8 Å². The summed E-state index contributed by atoms with van der Waals surface area (Å²) in [5.74, 6) is -2.07. The van der Waals surface area contributed by atoms with E-state index in [1.54, 1.807) is 11.4 Å². The van der Waals surface area contributed by atoms with Crippen LogP contribution in [0.2, 0.25) is 0 Å². The largest absolute Gasteiger partial charge is 0.479 e. The lowest BCUT2D eigenvalue weighted by atomic mass is 9.87. The number of likely N-dealkylation sites (tertiary alicyclic amines) is 1. The third-order valence-corrected chi connectivity index (χ3v) is 12.2. The Morgan fingerprint density at radius 2 is 1.84 bits per heavy atom. The van der Waals surface area contributed by atoms with Crippen molar-refractivity contribution in [2.45, 2.75) is 114 Å². The number of unbranched alkanes of at least 4 members (excludes halogenated alkanes) is 5. The van der Waals surface area contributed by atoms with Gasteiger partial charge < -0.3 is 26.0 Å². The number of hydrogen-bond donors (Lipinski definition) is 4. The number of likely N-dealkylation sites (N-methyl/N-ethyl adjacent to an activating group) is 1. The Morgan fingerprint density at radius 3 is 2.47 bits per heavy atom. The summed E-state index contributed by atoms with van der Waals surface area (Å²) >= 11 is 1.12. The second-order valence-electron chi connectivity index (χ2n) is 13.4. The van der Waals surface area contributed by atoms with E-state index in [0.29, 0.717) is 25.8 Å². The molecule has 2 fully saturated rings. The summed E-state index contributed by atoms with van der Waals surface area (Å²) < 4.78 is 27.3. The number of nitrogens with zero attached hydrogens (tertiary/aromatic N) is 2. The smallest absolute Gasteiger partial charge is 0.329 e. The van der Waals surface area contributed by atoms with Crippen LogP contribution in [0.4, 0.5) is 4.79 Å². The molecule has 1 aromatic heterocycles. The van der Waals surface area contributed by atoms with Gasteiger partial charge >= 0.3 is 12.0 Å². The van der Waals surface area contributed by atoms with E-state index >= 15 is 0 Å². The van der Waals surface area contributed by atoms with Crippen LogP contribution in [0.1, 0.15) is 91.9 Å². The first-order valence-electron chi connectivity index (χ1n) is 16.0. The molecule has 3 unspecified atom stereocenters. The predicted molar refractivity (Wildman–Crippen MR) is 173 cm³/mol. The van der Waals surface area contributed by atoms with Gasteiger partial charge in [-0.25, -0.2) is 18.0 Å². The molecule has 4 N–H and O–H groups in total. The monoisotopic (exact) mass is 669 g/mol. The zero-order valence-electron chi connectivity index (χ0n) is 27.3. The van der Waals surface area contributed by atoms with E-state index in [4.69, 9.17) is 0 Å². The fourth-order valence-corrected chi connectivity index (χ4v) is 8.27. The SMILES string of the molecule is CCCCCCCCC1C[C@]1(NC(=O)C1CCCN1C(=O)CNC(=O)NC(CN(C)S(=O)(=O)c1cccs1)C(C)(C)C)C(=O)O. The second-order valence-corrected chi connectivity index (χ2v) is 16.7. The maximum Gasteiger partial charge on any atom is 0.329 e. The molecule has 1 aromatic rings. The number of urea groups is 1. The summed E-state index contributed by atoms with van der Waals surface area (Å²) in [6.07, 6.45) is 8.80. The van der Waals surface area contributed by atoms with Crippen LogP contribution in [0.3, 0.4) is 0 Å². The average Bonchev–Trinajstić information content (AvgIpc) is 3.35. The zero-order valence-corrected chi connectivity index (χ0v) is 28.9. The first-order chi connectivity index (χ1) is 21.1. The van der Waals surface area contributed by atoms with Gasteiger partial charge in [0.05, 0.1) is 6.54 Å². The Bertz CT molecular complexity index is 1280. The van der Waals surface area contributed by atoms with E-state index in [0.717, 1.165) is 37.0 Å². The Kier molecular flexibility index (Phi) is 12.8. The number of carboxylic acids is 1. The molecule has 4 atom stereocenters. The van der Waals surface area contributed by atoms with Gasteiger partial charge in [0.15, 0.2) is 0 Å². The highest BCUT2D eigenvalue weighted by Gasteiger charge is 2.61. The molecule has 2 heterocycles. The number of nitrogens with one attached hydrogen (secondary N) is 3. The van der Waals surface area contributed by atoms with Gasteiger partial charge in [-0.2, -0.15) is 4.31 Å². The number of carbonyl (C=O) groups is 4. The van der Waals surface area contributed by atoms with E-state index in [2.05, 4.69) is 22.9 Å². The summed E-state index contributed by atoms with van der Waals surface area (Å²) in [6, 6.07) is 1.18. The van der Waals surface area contributed by atoms with E-state index < -0.39 is 56.9 Å². The molecule has 0 bridgehead atoms. The minimum atomic E-state index is -3.72. The van der Waals surface area contributed by atoms with Crippen molar-refractivity contribution in [2.75, 3.05) is 26.7 Å². The van der Waals surface area contributed by atoms with Crippen molar-refractivity contribution in [3.8, 4) is 0 Å². The summed E-state index contributed by atoms with van der Waals surface area (Å²) in [5.41, 5.74) is -1.78. The molecular weight excluding hydrogens is 619 g/mol. The fourth-order valence-electron chi connectivity index (χ4n) is 5.88. The maximum atomic E-state index is 13.3. The normalized spacial score (nSPS) is 22.2. The first-order valence-corrected chi connectivity index (χ1v) is 18.3. The Labute approximate surface area is 271 Å². The van der Waals surface area contributed by atoms with E-state index in [1.807, 2.05) is 20.8 Å². The van der Waals surface area contributed by atoms with Crippen LogP contribution in [-0.2, 0) is 24.4 Å². The quantitative estimate of drug-likeness (QED) is 0.183. The van der Waals surface area contributed by atoms with Gasteiger partial charge in [0.2, 0.25) is 11.8 Å².